The van der Waals surface area contributed by atoms with Gasteiger partial charge < -0.3 is 10.2 Å². The average Bonchev–Trinajstić information content (AvgIpc) is 2.67. The Labute approximate surface area is 102 Å². The van der Waals surface area contributed by atoms with E-state index in [1.807, 2.05) is 0 Å². The van der Waals surface area contributed by atoms with Crippen LogP contribution < -0.4 is 5.32 Å². The topological polar surface area (TPSA) is 15.3 Å². The first-order valence-corrected chi connectivity index (χ1v) is 7.14. The standard InChI is InChI=1S/C14H30N2/c1-5-7-14-8-9-16(11-14)13(4)10-12(3)15-6-2/h12-15H,5-11H2,1-4H3. The van der Waals surface area contributed by atoms with Crippen LogP contribution in [0.4, 0.5) is 0 Å². The van der Waals surface area contributed by atoms with Gasteiger partial charge in [-0.2, -0.15) is 0 Å². The molecule has 0 spiro atoms. The third kappa shape index (κ3) is 4.42. The Kier molecular flexibility index (Phi) is 6.37. The summed E-state index contributed by atoms with van der Waals surface area (Å²) in [6, 6.07) is 1.40. The molecule has 3 unspecified atom stereocenters. The van der Waals surface area contributed by atoms with Crippen molar-refractivity contribution in [2.45, 2.75) is 65.5 Å². The van der Waals surface area contributed by atoms with Crippen LogP contribution in [0.25, 0.3) is 0 Å². The molecule has 16 heavy (non-hydrogen) atoms. The molecule has 1 heterocycles. The molecule has 1 fully saturated rings. The molecule has 0 aromatic carbocycles. The first-order chi connectivity index (χ1) is 7.67. The van der Waals surface area contributed by atoms with Crippen LogP contribution in [0.2, 0.25) is 0 Å². The fraction of sp³-hybridized carbons (Fsp3) is 1.00. The van der Waals surface area contributed by atoms with Crippen LogP contribution in [-0.4, -0.2) is 36.6 Å². The number of hydrogen-bond donors (Lipinski definition) is 1. The van der Waals surface area contributed by atoms with Crippen LogP contribution in [-0.2, 0) is 0 Å². The van der Waals surface area contributed by atoms with Gasteiger partial charge in [-0.25, -0.2) is 0 Å². The predicted molar refractivity (Wildman–Crippen MR) is 71.8 cm³/mol. The SMILES string of the molecule is CCCC1CCN(C(C)CC(C)NCC)C1. The molecular weight excluding hydrogens is 196 g/mol. The summed E-state index contributed by atoms with van der Waals surface area (Å²) in [4.78, 5) is 2.69. The first kappa shape index (κ1) is 14.0. The molecule has 1 rings (SSSR count). The number of rotatable bonds is 7. The molecule has 2 nitrogen and oxygen atoms in total. The minimum Gasteiger partial charge on any atom is -0.314 e. The Morgan fingerprint density at radius 2 is 2.06 bits per heavy atom. The van der Waals surface area contributed by atoms with Crippen LogP contribution in [0.1, 0.15) is 53.4 Å². The summed E-state index contributed by atoms with van der Waals surface area (Å²) in [7, 11) is 0. The van der Waals surface area contributed by atoms with E-state index >= 15 is 0 Å². The van der Waals surface area contributed by atoms with Gasteiger partial charge in [-0.1, -0.05) is 20.3 Å². The van der Waals surface area contributed by atoms with Gasteiger partial charge in [0.05, 0.1) is 0 Å². The van der Waals surface area contributed by atoms with Gasteiger partial charge >= 0.3 is 0 Å². The maximum Gasteiger partial charge on any atom is 0.00817 e. The maximum atomic E-state index is 3.51. The molecular formula is C14H30N2. The van der Waals surface area contributed by atoms with Crippen molar-refractivity contribution in [3.05, 3.63) is 0 Å². The second kappa shape index (κ2) is 7.29. The zero-order valence-electron chi connectivity index (χ0n) is 11.6. The van der Waals surface area contributed by atoms with Gasteiger partial charge in [-0.15, -0.1) is 0 Å². The molecule has 0 bridgehead atoms. The average molecular weight is 226 g/mol. The van der Waals surface area contributed by atoms with Crippen molar-refractivity contribution in [2.75, 3.05) is 19.6 Å². The second-order valence-corrected chi connectivity index (χ2v) is 5.48. The molecule has 0 amide bonds. The molecule has 0 saturated carbocycles. The molecule has 1 N–H and O–H groups in total. The predicted octanol–water partition coefficient (Wildman–Crippen LogP) is 2.89. The van der Waals surface area contributed by atoms with Crippen molar-refractivity contribution in [1.29, 1.82) is 0 Å². The Morgan fingerprint density at radius 1 is 1.31 bits per heavy atom. The number of nitrogens with zero attached hydrogens (tertiary/aromatic N) is 1. The minimum atomic E-state index is 0.658. The van der Waals surface area contributed by atoms with Crippen molar-refractivity contribution in [3.8, 4) is 0 Å². The lowest BCUT2D eigenvalue weighted by molar-refractivity contribution is 0.222. The van der Waals surface area contributed by atoms with E-state index in [2.05, 4.69) is 37.9 Å². The Bertz CT molecular complexity index is 182. The summed E-state index contributed by atoms with van der Waals surface area (Å²) in [5.74, 6) is 0.974. The maximum absolute atomic E-state index is 3.51. The molecule has 1 saturated heterocycles. The van der Waals surface area contributed by atoms with E-state index in [4.69, 9.17) is 0 Å². The number of hydrogen-bond acceptors (Lipinski definition) is 2. The smallest absolute Gasteiger partial charge is 0.00817 e. The molecule has 0 radical (unpaired) electrons. The van der Waals surface area contributed by atoms with E-state index in [0.29, 0.717) is 6.04 Å². The molecule has 0 aromatic rings. The number of nitrogens with one attached hydrogen (secondary N) is 1. The quantitative estimate of drug-likeness (QED) is 0.718. The number of likely N-dealkylation sites (tertiary alicyclic amines) is 1. The highest BCUT2D eigenvalue weighted by Crippen LogP contribution is 2.23. The lowest BCUT2D eigenvalue weighted by Gasteiger charge is -2.27. The molecule has 0 aliphatic carbocycles. The molecule has 1 aliphatic heterocycles. The van der Waals surface area contributed by atoms with Crippen LogP contribution in [0.15, 0.2) is 0 Å². The van der Waals surface area contributed by atoms with Gasteiger partial charge in [-0.05, 0) is 52.1 Å². The minimum absolute atomic E-state index is 0.658. The fourth-order valence-corrected chi connectivity index (χ4v) is 3.00. The lowest BCUT2D eigenvalue weighted by Crippen LogP contribution is -2.37. The zero-order valence-corrected chi connectivity index (χ0v) is 11.6. The summed E-state index contributed by atoms with van der Waals surface area (Å²) in [6.45, 7) is 12.9. The molecule has 2 heteroatoms. The Morgan fingerprint density at radius 3 is 2.69 bits per heavy atom. The van der Waals surface area contributed by atoms with Crippen molar-refractivity contribution < 1.29 is 0 Å². The van der Waals surface area contributed by atoms with Crippen LogP contribution in [0, 0.1) is 5.92 Å². The van der Waals surface area contributed by atoms with E-state index in [0.717, 1.165) is 18.5 Å². The molecule has 96 valence electrons. The van der Waals surface area contributed by atoms with Crippen molar-refractivity contribution in [3.63, 3.8) is 0 Å². The van der Waals surface area contributed by atoms with E-state index in [9.17, 15) is 0 Å². The summed E-state index contributed by atoms with van der Waals surface area (Å²) in [5, 5.41) is 3.51. The van der Waals surface area contributed by atoms with Gasteiger partial charge in [0, 0.05) is 18.6 Å². The highest BCUT2D eigenvalue weighted by molar-refractivity contribution is 4.81. The van der Waals surface area contributed by atoms with Crippen LogP contribution in [0.5, 0.6) is 0 Å². The highest BCUT2D eigenvalue weighted by atomic mass is 15.2. The molecule has 1 aliphatic rings. The van der Waals surface area contributed by atoms with E-state index in [1.165, 1.54) is 38.8 Å². The molecule has 0 aromatic heterocycles. The normalized spacial score (nSPS) is 25.9. The Balaban J connectivity index is 2.24. The van der Waals surface area contributed by atoms with Crippen LogP contribution >= 0.6 is 0 Å². The van der Waals surface area contributed by atoms with Crippen LogP contribution in [0.3, 0.4) is 0 Å². The first-order valence-electron chi connectivity index (χ1n) is 7.14. The summed E-state index contributed by atoms with van der Waals surface area (Å²) >= 11 is 0. The molecule has 3 atom stereocenters. The summed E-state index contributed by atoms with van der Waals surface area (Å²) in [5.41, 5.74) is 0. The zero-order chi connectivity index (χ0) is 12.0. The van der Waals surface area contributed by atoms with E-state index in [1.54, 1.807) is 0 Å². The van der Waals surface area contributed by atoms with Crippen molar-refractivity contribution in [2.24, 2.45) is 5.92 Å². The summed E-state index contributed by atoms with van der Waals surface area (Å²) < 4.78 is 0. The van der Waals surface area contributed by atoms with Gasteiger partial charge in [-0.3, -0.25) is 0 Å². The van der Waals surface area contributed by atoms with Gasteiger partial charge in [0.15, 0.2) is 0 Å². The van der Waals surface area contributed by atoms with E-state index in [-0.39, 0.29) is 0 Å². The van der Waals surface area contributed by atoms with Gasteiger partial charge in [0.1, 0.15) is 0 Å². The Hall–Kier alpha value is -0.0800. The van der Waals surface area contributed by atoms with E-state index < -0.39 is 0 Å². The monoisotopic (exact) mass is 226 g/mol. The van der Waals surface area contributed by atoms with Crippen molar-refractivity contribution >= 4 is 0 Å². The van der Waals surface area contributed by atoms with Crippen molar-refractivity contribution in [1.82, 2.24) is 10.2 Å². The largest absolute Gasteiger partial charge is 0.314 e. The van der Waals surface area contributed by atoms with Gasteiger partial charge in [0.2, 0.25) is 0 Å². The highest BCUT2D eigenvalue weighted by Gasteiger charge is 2.25. The lowest BCUT2D eigenvalue weighted by atomic mass is 10.0. The third-order valence-corrected chi connectivity index (χ3v) is 3.88. The van der Waals surface area contributed by atoms with Gasteiger partial charge in [0.25, 0.3) is 0 Å². The third-order valence-electron chi connectivity index (χ3n) is 3.88. The fourth-order valence-electron chi connectivity index (χ4n) is 3.00. The summed E-state index contributed by atoms with van der Waals surface area (Å²) in [6.07, 6.45) is 5.48. The second-order valence-electron chi connectivity index (χ2n) is 5.48.